The number of hydrogen-bond acceptors (Lipinski definition) is 7. The number of thioether (sulfide) groups is 1. The minimum atomic E-state index is -0.224. The molecule has 30 heavy (non-hydrogen) atoms. The molecule has 0 fully saturated rings. The molecule has 0 spiro atoms. The van der Waals surface area contributed by atoms with Gasteiger partial charge in [0, 0.05) is 21.3 Å². The molecule has 0 aliphatic rings. The van der Waals surface area contributed by atoms with E-state index in [1.165, 1.54) is 10.9 Å². The van der Waals surface area contributed by atoms with Crippen LogP contribution in [-0.2, 0) is 4.79 Å². The number of aromatic nitrogens is 3. The van der Waals surface area contributed by atoms with Gasteiger partial charge in [-0.15, -0.1) is 10.2 Å². The smallest absolute Gasteiger partial charge is 0.264 e. The molecule has 0 atom stereocenters. The van der Waals surface area contributed by atoms with Gasteiger partial charge in [0.05, 0.1) is 17.0 Å². The van der Waals surface area contributed by atoms with Crippen LogP contribution in [-0.4, -0.2) is 32.7 Å². The second kappa shape index (κ2) is 10.0. The lowest BCUT2D eigenvalue weighted by Crippen LogP contribution is -2.17. The van der Waals surface area contributed by atoms with Crippen LogP contribution in [0.5, 0.6) is 0 Å². The van der Waals surface area contributed by atoms with Crippen LogP contribution in [0.2, 0.25) is 15.1 Å². The van der Waals surface area contributed by atoms with Crippen LogP contribution in [0.4, 0.5) is 11.6 Å². The maximum atomic E-state index is 12.2. The number of benzene rings is 2. The zero-order chi connectivity index (χ0) is 21.7. The van der Waals surface area contributed by atoms with Crippen molar-refractivity contribution < 1.29 is 4.79 Å². The summed E-state index contributed by atoms with van der Waals surface area (Å²) in [7, 11) is 0. The number of nitrogens with one attached hydrogen (secondary N) is 2. The van der Waals surface area contributed by atoms with E-state index in [1.807, 2.05) is 13.0 Å². The number of nitrogens with two attached hydrogens (primary N) is 1. The van der Waals surface area contributed by atoms with Gasteiger partial charge in [-0.3, -0.25) is 4.79 Å². The monoisotopic (exact) mass is 483 g/mol. The van der Waals surface area contributed by atoms with E-state index in [0.29, 0.717) is 31.5 Å². The normalized spacial score (nSPS) is 11.1. The van der Waals surface area contributed by atoms with Gasteiger partial charge in [-0.1, -0.05) is 58.7 Å². The van der Waals surface area contributed by atoms with E-state index >= 15 is 0 Å². The molecular formula is C18H16Cl3N7OS. The third kappa shape index (κ3) is 5.79. The van der Waals surface area contributed by atoms with Gasteiger partial charge in [-0.05, 0) is 36.8 Å². The van der Waals surface area contributed by atoms with Gasteiger partial charge in [0.1, 0.15) is 0 Å². The summed E-state index contributed by atoms with van der Waals surface area (Å²) < 4.78 is 1.20. The summed E-state index contributed by atoms with van der Waals surface area (Å²) in [5.41, 5.74) is 4.90. The molecule has 156 valence electrons. The highest BCUT2D eigenvalue weighted by Crippen LogP contribution is 2.22. The SMILES string of the molecule is Cc1ccc(Cl)cc1NC(=O)CSc1nnc(N/N=C/c2ccc(Cl)cc2Cl)n1N. The maximum Gasteiger partial charge on any atom is 0.264 e. The fourth-order valence-electron chi connectivity index (χ4n) is 2.26. The fourth-order valence-corrected chi connectivity index (χ4v) is 3.55. The molecule has 0 radical (unpaired) electrons. The highest BCUT2D eigenvalue weighted by atomic mass is 35.5. The number of nitrogen functional groups attached to an aromatic ring is 1. The summed E-state index contributed by atoms with van der Waals surface area (Å²) in [4.78, 5) is 12.2. The van der Waals surface area contributed by atoms with E-state index in [1.54, 1.807) is 30.3 Å². The first-order valence-electron chi connectivity index (χ1n) is 8.47. The lowest BCUT2D eigenvalue weighted by atomic mass is 10.2. The minimum Gasteiger partial charge on any atom is -0.334 e. The number of carbonyl (C=O) groups excluding carboxylic acids is 1. The van der Waals surface area contributed by atoms with Crippen molar-refractivity contribution in [1.82, 2.24) is 14.9 Å². The number of anilines is 2. The van der Waals surface area contributed by atoms with E-state index < -0.39 is 0 Å². The molecule has 0 bridgehead atoms. The number of aryl methyl sites for hydroxylation is 1. The van der Waals surface area contributed by atoms with Crippen LogP contribution in [0.3, 0.4) is 0 Å². The quantitative estimate of drug-likeness (QED) is 0.198. The predicted molar refractivity (Wildman–Crippen MR) is 123 cm³/mol. The first kappa shape index (κ1) is 22.2. The van der Waals surface area contributed by atoms with Crippen LogP contribution in [0.15, 0.2) is 46.7 Å². The van der Waals surface area contributed by atoms with Crippen LogP contribution < -0.4 is 16.6 Å². The first-order chi connectivity index (χ1) is 14.3. The molecule has 0 aliphatic carbocycles. The number of hydrazone groups is 1. The molecular weight excluding hydrogens is 469 g/mol. The van der Waals surface area contributed by atoms with Gasteiger partial charge in [0.2, 0.25) is 11.1 Å². The molecule has 0 saturated heterocycles. The lowest BCUT2D eigenvalue weighted by Gasteiger charge is -2.08. The first-order valence-corrected chi connectivity index (χ1v) is 10.6. The Labute approximate surface area is 191 Å². The molecule has 1 amide bonds. The summed E-state index contributed by atoms with van der Waals surface area (Å²) >= 11 is 19.0. The largest absolute Gasteiger partial charge is 0.334 e. The Morgan fingerprint density at radius 3 is 2.70 bits per heavy atom. The van der Waals surface area contributed by atoms with Crippen molar-refractivity contribution in [2.75, 3.05) is 22.3 Å². The second-order valence-electron chi connectivity index (χ2n) is 6.01. The van der Waals surface area contributed by atoms with Gasteiger partial charge >= 0.3 is 0 Å². The van der Waals surface area contributed by atoms with Crippen LogP contribution >= 0.6 is 46.6 Å². The van der Waals surface area contributed by atoms with Crippen molar-refractivity contribution in [2.24, 2.45) is 5.10 Å². The molecule has 1 heterocycles. The number of halogens is 3. The molecule has 0 aliphatic heterocycles. The van der Waals surface area contributed by atoms with Crippen molar-refractivity contribution >= 4 is 70.3 Å². The average Bonchev–Trinajstić information content (AvgIpc) is 3.04. The maximum absolute atomic E-state index is 12.2. The topological polar surface area (TPSA) is 110 Å². The zero-order valence-corrected chi connectivity index (χ0v) is 18.6. The van der Waals surface area contributed by atoms with Crippen molar-refractivity contribution in [3.8, 4) is 0 Å². The Bertz CT molecular complexity index is 1100. The summed E-state index contributed by atoms with van der Waals surface area (Å²) in [5, 5.41) is 16.6. The molecule has 0 saturated carbocycles. The van der Waals surface area contributed by atoms with Gasteiger partial charge < -0.3 is 11.2 Å². The average molecular weight is 485 g/mol. The number of carbonyl (C=O) groups is 1. The van der Waals surface area contributed by atoms with E-state index in [-0.39, 0.29) is 17.6 Å². The summed E-state index contributed by atoms with van der Waals surface area (Å²) in [5.74, 6) is 6.02. The molecule has 3 rings (SSSR count). The zero-order valence-electron chi connectivity index (χ0n) is 15.6. The highest BCUT2D eigenvalue weighted by molar-refractivity contribution is 7.99. The van der Waals surface area contributed by atoms with E-state index in [0.717, 1.165) is 17.3 Å². The van der Waals surface area contributed by atoms with E-state index in [2.05, 4.69) is 26.0 Å². The molecule has 0 unspecified atom stereocenters. The third-order valence-corrected chi connectivity index (χ3v) is 5.54. The molecule has 1 aromatic heterocycles. The van der Waals surface area contributed by atoms with Crippen LogP contribution in [0.1, 0.15) is 11.1 Å². The van der Waals surface area contributed by atoms with Crippen molar-refractivity contribution in [3.05, 3.63) is 62.6 Å². The predicted octanol–water partition coefficient (Wildman–Crippen LogP) is 4.44. The Balaban J connectivity index is 1.56. The molecule has 4 N–H and O–H groups in total. The van der Waals surface area contributed by atoms with Gasteiger partial charge in [0.25, 0.3) is 5.95 Å². The summed E-state index contributed by atoms with van der Waals surface area (Å²) in [6.07, 6.45) is 1.50. The lowest BCUT2D eigenvalue weighted by molar-refractivity contribution is -0.113. The molecule has 2 aromatic carbocycles. The standard InChI is InChI=1S/C18H16Cl3N7OS/c1-10-2-4-13(20)7-15(10)24-16(29)9-30-18-27-26-17(28(18)22)25-23-8-11-3-5-12(19)6-14(11)21/h2-8H,9,22H2,1H3,(H,24,29)(H,25,26)/b23-8+. The van der Waals surface area contributed by atoms with Gasteiger partial charge in [-0.2, -0.15) is 5.10 Å². The number of amides is 1. The molecule has 12 heteroatoms. The van der Waals surface area contributed by atoms with E-state index in [9.17, 15) is 4.79 Å². The van der Waals surface area contributed by atoms with Crippen molar-refractivity contribution in [3.63, 3.8) is 0 Å². The Hall–Kier alpha value is -2.46. The van der Waals surface area contributed by atoms with Gasteiger partial charge in [0.15, 0.2) is 0 Å². The van der Waals surface area contributed by atoms with Gasteiger partial charge in [-0.25, -0.2) is 10.1 Å². The van der Waals surface area contributed by atoms with Crippen molar-refractivity contribution in [2.45, 2.75) is 12.1 Å². The summed E-state index contributed by atoms with van der Waals surface area (Å²) in [6.45, 7) is 1.88. The Morgan fingerprint density at radius 1 is 1.20 bits per heavy atom. The second-order valence-corrected chi connectivity index (χ2v) is 8.23. The molecule has 8 nitrogen and oxygen atoms in total. The Kier molecular flexibility index (Phi) is 7.43. The number of nitrogens with zero attached hydrogens (tertiary/aromatic N) is 4. The van der Waals surface area contributed by atoms with Crippen LogP contribution in [0.25, 0.3) is 0 Å². The minimum absolute atomic E-state index is 0.0882. The Morgan fingerprint density at radius 2 is 1.93 bits per heavy atom. The van der Waals surface area contributed by atoms with Crippen LogP contribution in [0, 0.1) is 6.92 Å². The molecule has 3 aromatic rings. The fraction of sp³-hybridized carbons (Fsp3) is 0.111. The van der Waals surface area contributed by atoms with E-state index in [4.69, 9.17) is 40.6 Å². The third-order valence-electron chi connectivity index (χ3n) is 3.80. The highest BCUT2D eigenvalue weighted by Gasteiger charge is 2.13. The number of hydrogen-bond donors (Lipinski definition) is 3. The summed E-state index contributed by atoms with van der Waals surface area (Å²) in [6, 6.07) is 10.3. The van der Waals surface area contributed by atoms with Crippen molar-refractivity contribution in [1.29, 1.82) is 0 Å². The number of rotatable bonds is 7.